The summed E-state index contributed by atoms with van der Waals surface area (Å²) >= 11 is 0. The molecule has 0 heterocycles. The standard InChI is InChI=1S/C17H32N8O7/c1-8(22-12(27)6-18)13(28)24-10(4-3-5-21-17(19)20)15(30)23-9(2)14(29)25-11(7-26)16(31)32/h8-11,26H,3-7,18H2,1-2H3,(H,22,27)(H,23,30)(H,24,28)(H,25,29)(H,31,32)(H4,19,20,21)/t8-,9-,10-,11-/m0/s1. The lowest BCUT2D eigenvalue weighted by molar-refractivity contribution is -0.143. The van der Waals surface area contributed by atoms with E-state index in [1.165, 1.54) is 13.8 Å². The summed E-state index contributed by atoms with van der Waals surface area (Å²) < 4.78 is 0. The molecule has 32 heavy (non-hydrogen) atoms. The van der Waals surface area contributed by atoms with Crippen LogP contribution < -0.4 is 38.5 Å². The normalized spacial score (nSPS) is 14.1. The number of carboxylic acid groups (broad SMARTS) is 1. The van der Waals surface area contributed by atoms with E-state index >= 15 is 0 Å². The molecule has 0 bridgehead atoms. The van der Waals surface area contributed by atoms with Crippen LogP contribution in [0.15, 0.2) is 4.99 Å². The van der Waals surface area contributed by atoms with Crippen LogP contribution in [0.5, 0.6) is 0 Å². The molecule has 4 atom stereocenters. The first-order valence-electron chi connectivity index (χ1n) is 9.72. The Morgan fingerprint density at radius 2 is 1.41 bits per heavy atom. The Kier molecular flexibility index (Phi) is 13.0. The molecule has 4 amide bonds. The average molecular weight is 460 g/mol. The van der Waals surface area contributed by atoms with Gasteiger partial charge in [-0.2, -0.15) is 0 Å². The van der Waals surface area contributed by atoms with Crippen molar-refractivity contribution in [2.75, 3.05) is 19.7 Å². The summed E-state index contributed by atoms with van der Waals surface area (Å²) in [6.07, 6.45) is 0.390. The minimum atomic E-state index is -1.54. The summed E-state index contributed by atoms with van der Waals surface area (Å²) in [5.74, 6) is -4.42. The summed E-state index contributed by atoms with van der Waals surface area (Å²) in [6.45, 7) is 1.71. The number of carbonyl (C=O) groups excluding carboxylic acids is 4. The molecule has 0 radical (unpaired) electrons. The molecule has 0 saturated heterocycles. The summed E-state index contributed by atoms with van der Waals surface area (Å²) in [5.41, 5.74) is 15.7. The number of carboxylic acids is 1. The Bertz CT molecular complexity index is 711. The van der Waals surface area contributed by atoms with Gasteiger partial charge in [0.1, 0.15) is 24.2 Å². The predicted molar refractivity (Wildman–Crippen MR) is 113 cm³/mol. The van der Waals surface area contributed by atoms with Gasteiger partial charge in [0, 0.05) is 6.54 Å². The number of nitrogens with one attached hydrogen (secondary N) is 4. The zero-order chi connectivity index (χ0) is 24.8. The van der Waals surface area contributed by atoms with E-state index in [9.17, 15) is 24.0 Å². The van der Waals surface area contributed by atoms with Crippen molar-refractivity contribution < 1.29 is 34.2 Å². The van der Waals surface area contributed by atoms with E-state index in [0.29, 0.717) is 6.42 Å². The van der Waals surface area contributed by atoms with E-state index in [0.717, 1.165) is 0 Å². The summed E-state index contributed by atoms with van der Waals surface area (Å²) in [7, 11) is 0. The van der Waals surface area contributed by atoms with Crippen molar-refractivity contribution in [2.45, 2.75) is 50.9 Å². The first-order valence-corrected chi connectivity index (χ1v) is 9.72. The van der Waals surface area contributed by atoms with Gasteiger partial charge in [0.05, 0.1) is 13.2 Å². The van der Waals surface area contributed by atoms with Gasteiger partial charge < -0.3 is 48.7 Å². The van der Waals surface area contributed by atoms with Gasteiger partial charge in [0.2, 0.25) is 23.6 Å². The molecule has 12 N–H and O–H groups in total. The third kappa shape index (κ3) is 11.1. The van der Waals surface area contributed by atoms with E-state index in [4.69, 9.17) is 27.4 Å². The van der Waals surface area contributed by atoms with Crippen molar-refractivity contribution in [1.82, 2.24) is 21.3 Å². The van der Waals surface area contributed by atoms with E-state index in [2.05, 4.69) is 26.3 Å². The highest BCUT2D eigenvalue weighted by molar-refractivity contribution is 5.94. The second-order valence-corrected chi connectivity index (χ2v) is 6.82. The molecule has 0 rings (SSSR count). The van der Waals surface area contributed by atoms with Crippen molar-refractivity contribution in [3.05, 3.63) is 0 Å². The van der Waals surface area contributed by atoms with Gasteiger partial charge >= 0.3 is 5.97 Å². The van der Waals surface area contributed by atoms with Gasteiger partial charge in [-0.1, -0.05) is 0 Å². The average Bonchev–Trinajstić information content (AvgIpc) is 2.72. The topological polar surface area (TPSA) is 264 Å². The number of nitrogens with zero attached hydrogens (tertiary/aromatic N) is 1. The van der Waals surface area contributed by atoms with Crippen LogP contribution in [-0.4, -0.2) is 89.6 Å². The molecule has 182 valence electrons. The van der Waals surface area contributed by atoms with Crippen LogP contribution in [0.1, 0.15) is 26.7 Å². The number of hydrogen-bond donors (Lipinski definition) is 9. The second-order valence-electron chi connectivity index (χ2n) is 6.82. The van der Waals surface area contributed by atoms with Gasteiger partial charge in [0.15, 0.2) is 5.96 Å². The molecular formula is C17H32N8O7. The molecule has 0 aromatic rings. The Hall–Kier alpha value is -3.46. The van der Waals surface area contributed by atoms with Crippen molar-refractivity contribution >= 4 is 35.6 Å². The van der Waals surface area contributed by atoms with Crippen LogP contribution in [0.4, 0.5) is 0 Å². The maximum atomic E-state index is 12.6. The quantitative estimate of drug-likeness (QED) is 0.0677. The van der Waals surface area contributed by atoms with Crippen LogP contribution in [0.3, 0.4) is 0 Å². The molecular weight excluding hydrogens is 428 g/mol. The number of aliphatic carboxylic acids is 1. The largest absolute Gasteiger partial charge is 0.480 e. The first kappa shape index (κ1) is 28.5. The Morgan fingerprint density at radius 1 is 0.875 bits per heavy atom. The smallest absolute Gasteiger partial charge is 0.328 e. The van der Waals surface area contributed by atoms with Gasteiger partial charge in [-0.25, -0.2) is 4.79 Å². The molecule has 0 aliphatic heterocycles. The predicted octanol–water partition coefficient (Wildman–Crippen LogP) is -4.95. The van der Waals surface area contributed by atoms with Gasteiger partial charge in [-0.3, -0.25) is 24.2 Å². The molecule has 0 aromatic carbocycles. The van der Waals surface area contributed by atoms with Crippen molar-refractivity contribution in [2.24, 2.45) is 22.2 Å². The zero-order valence-electron chi connectivity index (χ0n) is 18.0. The number of carbonyl (C=O) groups is 5. The fourth-order valence-electron chi connectivity index (χ4n) is 2.30. The first-order chi connectivity index (χ1) is 14.9. The highest BCUT2D eigenvalue weighted by Crippen LogP contribution is 2.01. The Labute approximate surface area is 184 Å². The molecule has 15 nitrogen and oxygen atoms in total. The number of aliphatic imine (C=N–C) groups is 1. The van der Waals surface area contributed by atoms with E-state index in [1.54, 1.807) is 0 Å². The molecule has 15 heteroatoms. The van der Waals surface area contributed by atoms with Crippen LogP contribution >= 0.6 is 0 Å². The summed E-state index contributed by atoms with van der Waals surface area (Å²) in [4.78, 5) is 63.2. The number of aliphatic hydroxyl groups is 1. The molecule has 0 fully saturated rings. The number of guanidine groups is 1. The molecule has 0 aliphatic rings. The van der Waals surface area contributed by atoms with Crippen LogP contribution in [0.25, 0.3) is 0 Å². The number of aliphatic hydroxyl groups excluding tert-OH is 1. The summed E-state index contributed by atoms with van der Waals surface area (Å²) in [5, 5.41) is 27.1. The maximum Gasteiger partial charge on any atom is 0.328 e. The van der Waals surface area contributed by atoms with Crippen LogP contribution in [0.2, 0.25) is 0 Å². The molecule has 0 saturated carbocycles. The van der Waals surface area contributed by atoms with E-state index in [1.807, 2.05) is 0 Å². The van der Waals surface area contributed by atoms with Gasteiger partial charge in [0.25, 0.3) is 0 Å². The minimum absolute atomic E-state index is 0.0919. The SMILES string of the molecule is C[C@H](NC(=O)CN)C(=O)N[C@@H](CCCN=C(N)N)C(=O)N[C@@H](C)C(=O)N[C@@H](CO)C(=O)O. The lowest BCUT2D eigenvalue weighted by atomic mass is 10.1. The van der Waals surface area contributed by atoms with Gasteiger partial charge in [-0.05, 0) is 26.7 Å². The maximum absolute atomic E-state index is 12.6. The number of amides is 4. The van der Waals surface area contributed by atoms with E-state index in [-0.39, 0.29) is 25.5 Å². The molecule has 0 spiro atoms. The van der Waals surface area contributed by atoms with Crippen molar-refractivity contribution in [1.29, 1.82) is 0 Å². The van der Waals surface area contributed by atoms with Crippen LogP contribution in [0, 0.1) is 0 Å². The Balaban J connectivity index is 5.17. The monoisotopic (exact) mass is 460 g/mol. The third-order valence-corrected chi connectivity index (χ3v) is 4.08. The third-order valence-electron chi connectivity index (χ3n) is 4.08. The van der Waals surface area contributed by atoms with E-state index < -0.39 is 60.4 Å². The van der Waals surface area contributed by atoms with Gasteiger partial charge in [-0.15, -0.1) is 0 Å². The minimum Gasteiger partial charge on any atom is -0.480 e. The number of nitrogens with two attached hydrogens (primary N) is 3. The fraction of sp³-hybridized carbons (Fsp3) is 0.647. The summed E-state index contributed by atoms with van der Waals surface area (Å²) in [6, 6.07) is -4.82. The molecule has 0 aliphatic carbocycles. The second kappa shape index (κ2) is 14.5. The number of hydrogen-bond acceptors (Lipinski definition) is 8. The van der Waals surface area contributed by atoms with Crippen LogP contribution in [-0.2, 0) is 24.0 Å². The molecule has 0 unspecified atom stereocenters. The highest BCUT2D eigenvalue weighted by atomic mass is 16.4. The zero-order valence-corrected chi connectivity index (χ0v) is 18.0. The lowest BCUT2D eigenvalue weighted by Crippen LogP contribution is -2.57. The van der Waals surface area contributed by atoms with Crippen molar-refractivity contribution in [3.8, 4) is 0 Å². The lowest BCUT2D eigenvalue weighted by Gasteiger charge is -2.23. The number of rotatable bonds is 14. The Morgan fingerprint density at radius 3 is 1.88 bits per heavy atom. The highest BCUT2D eigenvalue weighted by Gasteiger charge is 2.28. The molecule has 0 aromatic heterocycles. The fourth-order valence-corrected chi connectivity index (χ4v) is 2.30. The van der Waals surface area contributed by atoms with Crippen molar-refractivity contribution in [3.63, 3.8) is 0 Å².